The van der Waals surface area contributed by atoms with Gasteiger partial charge in [-0.3, -0.25) is 0 Å². The largest absolute Gasteiger partial charge is 0.478 e. The molecule has 8 heteroatoms. The van der Waals surface area contributed by atoms with Crippen molar-refractivity contribution in [2.75, 3.05) is 0 Å². The number of carboxylic acids is 2. The number of thiophene rings is 2. The van der Waals surface area contributed by atoms with Crippen LogP contribution in [0.5, 0.6) is 0 Å². The Balaban J connectivity index is 2.12. The molecule has 0 spiro atoms. The lowest BCUT2D eigenvalue weighted by atomic mass is 10.3. The molecule has 0 unspecified atom stereocenters. The van der Waals surface area contributed by atoms with Crippen LogP contribution in [0.3, 0.4) is 0 Å². The predicted molar refractivity (Wildman–Crippen MR) is 74.3 cm³/mol. The van der Waals surface area contributed by atoms with E-state index < -0.39 is 11.9 Å². The Bertz CT molecular complexity index is 534. The summed E-state index contributed by atoms with van der Waals surface area (Å²) in [7, 11) is 2.52. The third-order valence-electron chi connectivity index (χ3n) is 1.93. The quantitative estimate of drug-likeness (QED) is 0.812. The molecule has 0 saturated heterocycles. The van der Waals surface area contributed by atoms with Gasteiger partial charge in [-0.1, -0.05) is 21.6 Å². The van der Waals surface area contributed by atoms with Crippen molar-refractivity contribution < 1.29 is 19.8 Å². The maximum absolute atomic E-state index is 10.9. The molecule has 2 N–H and O–H groups in total. The van der Waals surface area contributed by atoms with E-state index in [4.69, 9.17) is 10.2 Å². The molecule has 0 aliphatic carbocycles. The Hall–Kier alpha value is -0.960. The highest BCUT2D eigenvalue weighted by Crippen LogP contribution is 2.42. The van der Waals surface area contributed by atoms with Gasteiger partial charge in [-0.25, -0.2) is 9.59 Å². The average molecular weight is 318 g/mol. The van der Waals surface area contributed by atoms with Crippen molar-refractivity contribution >= 4 is 56.2 Å². The van der Waals surface area contributed by atoms with Gasteiger partial charge < -0.3 is 10.2 Å². The number of carbonyl (C=O) groups is 2. The molecular formula is C10H6O4S4. The average Bonchev–Trinajstić information content (AvgIpc) is 2.94. The first kappa shape index (κ1) is 13.5. The van der Waals surface area contributed by atoms with Gasteiger partial charge in [0.1, 0.15) is 0 Å². The molecule has 18 heavy (non-hydrogen) atoms. The number of aromatic carboxylic acids is 2. The maximum Gasteiger partial charge on any atom is 0.337 e. The second-order valence-corrected chi connectivity index (χ2v) is 6.78. The molecule has 0 bridgehead atoms. The van der Waals surface area contributed by atoms with Crippen molar-refractivity contribution in [2.24, 2.45) is 0 Å². The molecule has 4 nitrogen and oxygen atoms in total. The lowest BCUT2D eigenvalue weighted by Crippen LogP contribution is -1.95. The van der Waals surface area contributed by atoms with Gasteiger partial charge in [0.25, 0.3) is 0 Å². The van der Waals surface area contributed by atoms with Crippen molar-refractivity contribution in [3.05, 3.63) is 32.6 Å². The van der Waals surface area contributed by atoms with Crippen LogP contribution in [0.1, 0.15) is 20.7 Å². The van der Waals surface area contributed by atoms with Crippen molar-refractivity contribution in [1.82, 2.24) is 0 Å². The number of carboxylic acid groups (broad SMARTS) is 2. The molecule has 0 atom stereocenters. The maximum atomic E-state index is 10.9. The number of hydrogen-bond donors (Lipinski definition) is 2. The van der Waals surface area contributed by atoms with Crippen LogP contribution < -0.4 is 0 Å². The second-order valence-electron chi connectivity index (χ2n) is 3.08. The van der Waals surface area contributed by atoms with Crippen LogP contribution >= 0.6 is 44.3 Å². The van der Waals surface area contributed by atoms with Gasteiger partial charge in [-0.2, -0.15) is 22.7 Å². The van der Waals surface area contributed by atoms with Gasteiger partial charge in [0, 0.05) is 31.3 Å². The minimum Gasteiger partial charge on any atom is -0.478 e. The van der Waals surface area contributed by atoms with E-state index in [1.165, 1.54) is 44.3 Å². The van der Waals surface area contributed by atoms with Gasteiger partial charge in [-0.15, -0.1) is 0 Å². The van der Waals surface area contributed by atoms with Gasteiger partial charge in [0.05, 0.1) is 11.1 Å². The summed E-state index contributed by atoms with van der Waals surface area (Å²) in [4.78, 5) is 23.1. The summed E-state index contributed by atoms with van der Waals surface area (Å²) in [5.41, 5.74) is 0.509. The van der Waals surface area contributed by atoms with Crippen LogP contribution in [-0.2, 0) is 0 Å². The van der Waals surface area contributed by atoms with E-state index in [1.54, 1.807) is 21.5 Å². The molecule has 2 rings (SSSR count). The minimum absolute atomic E-state index is 0.254. The zero-order valence-electron chi connectivity index (χ0n) is 8.65. The highest BCUT2D eigenvalue weighted by molar-refractivity contribution is 8.76. The smallest absolute Gasteiger partial charge is 0.337 e. The first-order valence-corrected chi connectivity index (χ1v) is 8.56. The van der Waals surface area contributed by atoms with Crippen LogP contribution in [-0.4, -0.2) is 22.2 Å². The van der Waals surface area contributed by atoms with Crippen LogP contribution in [0.25, 0.3) is 0 Å². The molecule has 0 radical (unpaired) electrons. The first-order chi connectivity index (χ1) is 8.59. The lowest BCUT2D eigenvalue weighted by molar-refractivity contribution is 0.0683. The third kappa shape index (κ3) is 2.89. The van der Waals surface area contributed by atoms with Crippen LogP contribution in [0, 0.1) is 0 Å². The molecule has 94 valence electrons. The Morgan fingerprint density at radius 1 is 0.833 bits per heavy atom. The summed E-state index contributed by atoms with van der Waals surface area (Å²) < 4.78 is 0. The van der Waals surface area contributed by atoms with Gasteiger partial charge in [0.2, 0.25) is 0 Å². The first-order valence-electron chi connectivity index (χ1n) is 4.53. The number of hydrogen-bond acceptors (Lipinski definition) is 6. The number of rotatable bonds is 5. The molecule has 0 aliphatic heterocycles. The van der Waals surface area contributed by atoms with Gasteiger partial charge in [-0.05, 0) is 0 Å². The van der Waals surface area contributed by atoms with E-state index in [0.717, 1.165) is 0 Å². The zero-order chi connectivity index (χ0) is 13.1. The Kier molecular flexibility index (Phi) is 4.33. The molecule has 2 aromatic heterocycles. The fraction of sp³-hybridized carbons (Fsp3) is 0. The molecular weight excluding hydrogens is 312 g/mol. The topological polar surface area (TPSA) is 74.6 Å². The van der Waals surface area contributed by atoms with Gasteiger partial charge in [0.15, 0.2) is 0 Å². The molecule has 0 amide bonds. The minimum atomic E-state index is -0.969. The van der Waals surface area contributed by atoms with Crippen molar-refractivity contribution in [1.29, 1.82) is 0 Å². The van der Waals surface area contributed by atoms with Crippen molar-refractivity contribution in [3.8, 4) is 0 Å². The van der Waals surface area contributed by atoms with E-state index in [0.29, 0.717) is 9.79 Å². The lowest BCUT2D eigenvalue weighted by Gasteiger charge is -2.00. The molecule has 0 aliphatic rings. The van der Waals surface area contributed by atoms with E-state index >= 15 is 0 Å². The van der Waals surface area contributed by atoms with Crippen LogP contribution in [0.4, 0.5) is 0 Å². The molecule has 0 aromatic carbocycles. The summed E-state index contributed by atoms with van der Waals surface area (Å²) in [6.07, 6.45) is 0. The van der Waals surface area contributed by atoms with Gasteiger partial charge >= 0.3 is 11.9 Å². The van der Waals surface area contributed by atoms with E-state index in [1.807, 2.05) is 0 Å². The second kappa shape index (κ2) is 5.79. The Labute approximate surface area is 118 Å². The predicted octanol–water partition coefficient (Wildman–Crippen LogP) is 4.01. The summed E-state index contributed by atoms with van der Waals surface area (Å²) in [6.45, 7) is 0. The van der Waals surface area contributed by atoms with Crippen molar-refractivity contribution in [3.63, 3.8) is 0 Å². The fourth-order valence-corrected chi connectivity index (χ4v) is 5.70. The molecule has 0 fully saturated rings. The molecule has 2 heterocycles. The molecule has 0 saturated carbocycles. The van der Waals surface area contributed by atoms with E-state index in [-0.39, 0.29) is 11.1 Å². The van der Waals surface area contributed by atoms with Crippen LogP contribution in [0.15, 0.2) is 31.3 Å². The fourth-order valence-electron chi connectivity index (χ4n) is 1.10. The monoisotopic (exact) mass is 318 g/mol. The Morgan fingerprint density at radius 3 is 1.56 bits per heavy atom. The third-order valence-corrected chi connectivity index (χ3v) is 6.17. The standard InChI is InChI=1S/C10H6O4S4/c11-9(12)5-1-15-3-7(5)17-18-8-4-16-2-6(8)10(13)14/h1-4H,(H,11,12)(H,13,14). The summed E-state index contributed by atoms with van der Waals surface area (Å²) in [5, 5.41) is 24.5. The van der Waals surface area contributed by atoms with Crippen molar-refractivity contribution in [2.45, 2.75) is 9.79 Å². The Morgan fingerprint density at radius 2 is 1.22 bits per heavy atom. The SMILES string of the molecule is O=C(O)c1cscc1SSc1cscc1C(=O)O. The normalized spacial score (nSPS) is 10.4. The van der Waals surface area contributed by atoms with E-state index in [2.05, 4.69) is 0 Å². The van der Waals surface area contributed by atoms with Crippen LogP contribution in [0.2, 0.25) is 0 Å². The summed E-state index contributed by atoms with van der Waals surface area (Å²) in [5.74, 6) is -1.94. The highest BCUT2D eigenvalue weighted by Gasteiger charge is 2.15. The summed E-state index contributed by atoms with van der Waals surface area (Å²) >= 11 is 2.63. The van der Waals surface area contributed by atoms with E-state index in [9.17, 15) is 9.59 Å². The summed E-state index contributed by atoms with van der Waals surface area (Å²) in [6, 6.07) is 0. The zero-order valence-corrected chi connectivity index (χ0v) is 11.9. The highest BCUT2D eigenvalue weighted by atomic mass is 33.1. The molecule has 2 aromatic rings.